The fourth-order valence-electron chi connectivity index (χ4n) is 2.14. The molecular weight excluding hydrogens is 196 g/mol. The first-order chi connectivity index (χ1) is 7.57. The van der Waals surface area contributed by atoms with E-state index in [1.165, 1.54) is 37.9 Å². The Labute approximate surface area is 98.7 Å². The van der Waals surface area contributed by atoms with Crippen LogP contribution in [0, 0.1) is 0 Å². The lowest BCUT2D eigenvalue weighted by Crippen LogP contribution is -2.30. The second-order valence-corrected chi connectivity index (χ2v) is 5.70. The summed E-state index contributed by atoms with van der Waals surface area (Å²) in [5, 5.41) is 0. The lowest BCUT2D eigenvalue weighted by Gasteiger charge is -2.28. The molecule has 1 aromatic rings. The molecule has 0 aromatic carbocycles. The Hall–Kier alpha value is -1.05. The standard InChI is InChI=1S/C14H22N2/c1-14(2,3)12-7-8-13(15-11-12)16-9-5-4-6-10-16/h7-8,11H,4-6,9-10H2,1-3H3. The van der Waals surface area contributed by atoms with Gasteiger partial charge in [-0.3, -0.25) is 0 Å². The number of hydrogen-bond donors (Lipinski definition) is 0. The zero-order valence-corrected chi connectivity index (χ0v) is 10.7. The highest BCUT2D eigenvalue weighted by atomic mass is 15.2. The molecule has 1 aliphatic heterocycles. The number of nitrogens with zero attached hydrogens (tertiary/aromatic N) is 2. The summed E-state index contributed by atoms with van der Waals surface area (Å²) < 4.78 is 0. The molecule has 16 heavy (non-hydrogen) atoms. The smallest absolute Gasteiger partial charge is 0.128 e. The Kier molecular flexibility index (Phi) is 3.17. The van der Waals surface area contributed by atoms with E-state index in [1.807, 2.05) is 6.20 Å². The molecule has 1 aromatic heterocycles. The van der Waals surface area contributed by atoms with Gasteiger partial charge in [0.05, 0.1) is 0 Å². The van der Waals surface area contributed by atoms with Crippen LogP contribution >= 0.6 is 0 Å². The summed E-state index contributed by atoms with van der Waals surface area (Å²) in [6.07, 6.45) is 6.02. The molecule has 0 atom stereocenters. The van der Waals surface area contributed by atoms with Crippen LogP contribution in [0.1, 0.15) is 45.6 Å². The average molecular weight is 218 g/mol. The van der Waals surface area contributed by atoms with Crippen LogP contribution in [-0.4, -0.2) is 18.1 Å². The molecular formula is C14H22N2. The van der Waals surface area contributed by atoms with Crippen LogP contribution in [0.15, 0.2) is 18.3 Å². The molecule has 2 rings (SSSR count). The highest BCUT2D eigenvalue weighted by Gasteiger charge is 2.16. The molecule has 0 unspecified atom stereocenters. The quantitative estimate of drug-likeness (QED) is 0.718. The average Bonchev–Trinajstić information content (AvgIpc) is 2.29. The topological polar surface area (TPSA) is 16.1 Å². The molecule has 1 fully saturated rings. The minimum atomic E-state index is 0.202. The van der Waals surface area contributed by atoms with Crippen LogP contribution < -0.4 is 4.90 Å². The zero-order chi connectivity index (χ0) is 11.6. The van der Waals surface area contributed by atoms with Crippen molar-refractivity contribution in [1.82, 2.24) is 4.98 Å². The van der Waals surface area contributed by atoms with E-state index in [9.17, 15) is 0 Å². The van der Waals surface area contributed by atoms with Gasteiger partial charge in [0.25, 0.3) is 0 Å². The molecule has 0 radical (unpaired) electrons. The van der Waals surface area contributed by atoms with Gasteiger partial charge < -0.3 is 4.90 Å². The van der Waals surface area contributed by atoms with Crippen LogP contribution in [-0.2, 0) is 5.41 Å². The third-order valence-corrected chi connectivity index (χ3v) is 3.29. The highest BCUT2D eigenvalue weighted by Crippen LogP contribution is 2.24. The molecule has 88 valence electrons. The maximum Gasteiger partial charge on any atom is 0.128 e. The van der Waals surface area contributed by atoms with Crippen LogP contribution in [0.25, 0.3) is 0 Å². The van der Waals surface area contributed by atoms with E-state index in [0.717, 1.165) is 5.82 Å². The minimum Gasteiger partial charge on any atom is -0.357 e. The van der Waals surface area contributed by atoms with E-state index < -0.39 is 0 Å². The Morgan fingerprint density at radius 2 is 1.75 bits per heavy atom. The van der Waals surface area contributed by atoms with Crippen molar-refractivity contribution in [3.05, 3.63) is 23.9 Å². The van der Waals surface area contributed by atoms with E-state index in [4.69, 9.17) is 0 Å². The second kappa shape index (κ2) is 4.44. The third kappa shape index (κ3) is 2.55. The predicted octanol–water partition coefficient (Wildman–Crippen LogP) is 3.37. The van der Waals surface area contributed by atoms with Crippen molar-refractivity contribution in [2.24, 2.45) is 0 Å². The first kappa shape index (κ1) is 11.4. The van der Waals surface area contributed by atoms with E-state index in [0.29, 0.717) is 0 Å². The molecule has 0 bridgehead atoms. The van der Waals surface area contributed by atoms with Crippen molar-refractivity contribution in [1.29, 1.82) is 0 Å². The van der Waals surface area contributed by atoms with Gasteiger partial charge in [0, 0.05) is 19.3 Å². The Morgan fingerprint density at radius 3 is 2.25 bits per heavy atom. The van der Waals surface area contributed by atoms with Crippen molar-refractivity contribution >= 4 is 5.82 Å². The fraction of sp³-hybridized carbons (Fsp3) is 0.643. The monoisotopic (exact) mass is 218 g/mol. The lowest BCUT2D eigenvalue weighted by molar-refractivity contribution is 0.569. The van der Waals surface area contributed by atoms with Gasteiger partial charge in [0.15, 0.2) is 0 Å². The van der Waals surface area contributed by atoms with Gasteiger partial charge in [0.2, 0.25) is 0 Å². The predicted molar refractivity (Wildman–Crippen MR) is 69.0 cm³/mol. The van der Waals surface area contributed by atoms with Crippen LogP contribution in [0.5, 0.6) is 0 Å². The molecule has 0 N–H and O–H groups in total. The second-order valence-electron chi connectivity index (χ2n) is 5.70. The van der Waals surface area contributed by atoms with Crippen molar-refractivity contribution in [3.8, 4) is 0 Å². The summed E-state index contributed by atoms with van der Waals surface area (Å²) in [7, 11) is 0. The van der Waals surface area contributed by atoms with Gasteiger partial charge in [-0.1, -0.05) is 26.8 Å². The number of pyridine rings is 1. The van der Waals surface area contributed by atoms with E-state index in [2.05, 4.69) is 42.8 Å². The van der Waals surface area contributed by atoms with Gasteiger partial charge in [-0.2, -0.15) is 0 Å². The summed E-state index contributed by atoms with van der Waals surface area (Å²) >= 11 is 0. The maximum absolute atomic E-state index is 4.59. The van der Waals surface area contributed by atoms with Gasteiger partial charge >= 0.3 is 0 Å². The summed E-state index contributed by atoms with van der Waals surface area (Å²) in [6, 6.07) is 4.39. The molecule has 1 saturated heterocycles. The van der Waals surface area contributed by atoms with E-state index >= 15 is 0 Å². The largest absolute Gasteiger partial charge is 0.357 e. The minimum absolute atomic E-state index is 0.202. The molecule has 0 amide bonds. The van der Waals surface area contributed by atoms with Crippen molar-refractivity contribution in [3.63, 3.8) is 0 Å². The van der Waals surface area contributed by atoms with Gasteiger partial charge in [-0.05, 0) is 36.3 Å². The van der Waals surface area contributed by atoms with Crippen LogP contribution in [0.2, 0.25) is 0 Å². The molecule has 1 aliphatic rings. The Bertz CT molecular complexity index is 329. The summed E-state index contributed by atoms with van der Waals surface area (Å²) in [4.78, 5) is 6.99. The van der Waals surface area contributed by atoms with Gasteiger partial charge in [-0.15, -0.1) is 0 Å². The molecule has 0 aliphatic carbocycles. The summed E-state index contributed by atoms with van der Waals surface area (Å²) in [5.74, 6) is 1.15. The first-order valence-corrected chi connectivity index (χ1v) is 6.29. The molecule has 2 heteroatoms. The number of piperidine rings is 1. The number of anilines is 1. The zero-order valence-electron chi connectivity index (χ0n) is 10.7. The molecule has 2 nitrogen and oxygen atoms in total. The van der Waals surface area contributed by atoms with E-state index in [-0.39, 0.29) is 5.41 Å². The highest BCUT2D eigenvalue weighted by molar-refractivity contribution is 5.40. The molecule has 0 saturated carbocycles. The molecule has 0 spiro atoms. The summed E-state index contributed by atoms with van der Waals surface area (Å²) in [6.45, 7) is 9.02. The fourth-order valence-corrected chi connectivity index (χ4v) is 2.14. The van der Waals surface area contributed by atoms with Crippen molar-refractivity contribution in [2.45, 2.75) is 45.4 Å². The summed E-state index contributed by atoms with van der Waals surface area (Å²) in [5.41, 5.74) is 1.52. The lowest BCUT2D eigenvalue weighted by atomic mass is 9.88. The Morgan fingerprint density at radius 1 is 1.06 bits per heavy atom. The molecule has 2 heterocycles. The normalized spacial score (nSPS) is 17.6. The maximum atomic E-state index is 4.59. The number of aromatic nitrogens is 1. The van der Waals surface area contributed by atoms with Crippen molar-refractivity contribution < 1.29 is 0 Å². The number of hydrogen-bond acceptors (Lipinski definition) is 2. The van der Waals surface area contributed by atoms with Gasteiger partial charge in [0.1, 0.15) is 5.82 Å². The third-order valence-electron chi connectivity index (χ3n) is 3.29. The first-order valence-electron chi connectivity index (χ1n) is 6.29. The van der Waals surface area contributed by atoms with Crippen molar-refractivity contribution in [2.75, 3.05) is 18.0 Å². The Balaban J connectivity index is 2.12. The SMILES string of the molecule is CC(C)(C)c1ccc(N2CCCCC2)nc1. The van der Waals surface area contributed by atoms with E-state index in [1.54, 1.807) is 0 Å². The van der Waals surface area contributed by atoms with Crippen LogP contribution in [0.3, 0.4) is 0 Å². The number of rotatable bonds is 1. The van der Waals surface area contributed by atoms with Gasteiger partial charge in [-0.25, -0.2) is 4.98 Å². The van der Waals surface area contributed by atoms with Crippen LogP contribution in [0.4, 0.5) is 5.82 Å².